The number of allylic oxidation sites excluding steroid dienone is 3. The highest BCUT2D eigenvalue weighted by Crippen LogP contribution is 2.50. The first-order valence-corrected chi connectivity index (χ1v) is 32.1. The molecule has 1 unspecified atom stereocenters. The number of rotatable bonds is 25. The van der Waals surface area contributed by atoms with E-state index in [1.807, 2.05) is 45.9 Å². The van der Waals surface area contributed by atoms with E-state index in [2.05, 4.69) is 33.1 Å². The summed E-state index contributed by atoms with van der Waals surface area (Å²) in [4.78, 5) is 129. The lowest BCUT2D eigenvalue weighted by Crippen LogP contribution is -2.53. The van der Waals surface area contributed by atoms with Crippen molar-refractivity contribution < 1.29 is 71.9 Å². The summed E-state index contributed by atoms with van der Waals surface area (Å²) < 4.78 is 29.6. The summed E-state index contributed by atoms with van der Waals surface area (Å²) in [5.41, 5.74) is 6.67. The maximum atomic E-state index is 14.5. The van der Waals surface area contributed by atoms with Crippen LogP contribution in [0.4, 0.5) is 10.5 Å². The minimum atomic E-state index is -1.64. The number of aryl methyl sites for hydroxylation is 1. The number of esters is 3. The molecule has 23 heteroatoms. The van der Waals surface area contributed by atoms with Gasteiger partial charge in [0.15, 0.2) is 5.78 Å². The number of carbonyl (C=O) groups is 9. The van der Waals surface area contributed by atoms with Gasteiger partial charge in [-0.3, -0.25) is 33.8 Å². The van der Waals surface area contributed by atoms with Gasteiger partial charge in [0, 0.05) is 86.4 Å². The van der Waals surface area contributed by atoms with E-state index >= 15 is 0 Å². The third kappa shape index (κ3) is 18.9. The van der Waals surface area contributed by atoms with Crippen LogP contribution in [-0.4, -0.2) is 155 Å². The second-order valence-electron chi connectivity index (χ2n) is 24.9. The molecule has 0 aliphatic carbocycles. The number of amides is 5. The number of Topliss-reactive ketones (excluding diaryl/α,β-unsaturated/α-hetero) is 2. The first-order valence-electron chi connectivity index (χ1n) is 30.6. The molecule has 2 aromatic carbocycles. The molecule has 0 radical (unpaired) electrons. The molecule has 2 saturated heterocycles. The molecule has 21 nitrogen and oxygen atoms in total. The zero-order valence-corrected chi connectivity index (χ0v) is 55.8. The highest BCUT2D eigenvalue weighted by Gasteiger charge is 2.64. The van der Waals surface area contributed by atoms with Crippen LogP contribution in [0.15, 0.2) is 78.4 Å². The molecule has 5 amide bonds. The number of ether oxygens (including phenoxy) is 5. The number of nitrogens with one attached hydrogen (secondary N) is 2. The molecule has 490 valence electrons. The number of urea groups is 1. The third-order valence-electron chi connectivity index (χ3n) is 17.4. The number of primary amides is 1. The van der Waals surface area contributed by atoms with Crippen molar-refractivity contribution in [2.45, 2.75) is 186 Å². The fourth-order valence-electron chi connectivity index (χ4n) is 11.6. The standard InChI is InChI=1S/C67H88BrClN6O15/c1-37(2)49(32-48(76)19-14-13-18-41(6)87-63(82)40(5)36-68)61(80)73-51(20-16-26-71-65(70)84)53(77)31-47-24-22-45-30-46(23-25-50(45)72-47)62(81)74(10)43(8)64(83)89-56-33-57(78)75(11)52-29-44(28-39(4)59(52)69)27-38(3)17-15-21-55(86-12)67(85)34-54(88-58(79)35-67)42(7)60-66(56,9)90-60/h15,17,21-25,28-30,37,41-43,49,51,54-56,60,85H,5,13-14,16,18-20,26-27,31-36H2,1-4,6-12H3,(H,73,80)(H3,70,71,84)/b21-15+,38-17+/t41?,42-,43+,49+,51+,54+,55-,56+,60+,66+,67-/m1/s1. The van der Waals surface area contributed by atoms with Gasteiger partial charge in [-0.05, 0) is 121 Å². The van der Waals surface area contributed by atoms with E-state index in [0.717, 1.165) is 16.7 Å². The molecule has 0 saturated carbocycles. The molecule has 5 N–H and O–H groups in total. The molecule has 0 spiro atoms. The van der Waals surface area contributed by atoms with Crippen molar-refractivity contribution in [3.8, 4) is 0 Å². The van der Waals surface area contributed by atoms with Crippen molar-refractivity contribution in [3.05, 3.63) is 106 Å². The average molecular weight is 1330 g/mol. The molecular formula is C67H88BrClN6O15. The number of fused-ring (bicyclic) bond motifs is 6. The van der Waals surface area contributed by atoms with Crippen LogP contribution in [0.1, 0.15) is 140 Å². The van der Waals surface area contributed by atoms with E-state index in [1.54, 1.807) is 70.3 Å². The first-order chi connectivity index (χ1) is 42.4. The number of likely N-dealkylation sites (N-methyl/N-ethyl adjacent to an activating group) is 1. The van der Waals surface area contributed by atoms with Gasteiger partial charge in [-0.2, -0.15) is 0 Å². The Balaban J connectivity index is 1.15. The Kier molecular flexibility index (Phi) is 25.6. The van der Waals surface area contributed by atoms with Gasteiger partial charge in [0.2, 0.25) is 11.8 Å². The zero-order valence-electron chi connectivity index (χ0n) is 53.5. The van der Waals surface area contributed by atoms with Crippen LogP contribution in [0.2, 0.25) is 5.02 Å². The summed E-state index contributed by atoms with van der Waals surface area (Å²) in [6, 6.07) is 8.92. The average Bonchev–Trinajstić information content (AvgIpc) is 1.58. The molecular weight excluding hydrogens is 1240 g/mol. The maximum absolute atomic E-state index is 14.5. The molecule has 11 atom stereocenters. The molecule has 4 bridgehead atoms. The normalized spacial score (nSPS) is 24.2. The number of halogens is 2. The number of aromatic nitrogens is 1. The largest absolute Gasteiger partial charge is 0.462 e. The predicted molar refractivity (Wildman–Crippen MR) is 344 cm³/mol. The van der Waals surface area contributed by atoms with E-state index < -0.39 is 101 Å². The fourth-order valence-corrected chi connectivity index (χ4v) is 12.1. The number of alkyl halides is 1. The Hall–Kier alpha value is -6.85. The van der Waals surface area contributed by atoms with Gasteiger partial charge in [0.1, 0.15) is 41.3 Å². The summed E-state index contributed by atoms with van der Waals surface area (Å²) in [5.74, 6) is -5.44. The number of unbranched alkanes of at least 4 members (excludes halogenated alkanes) is 1. The summed E-state index contributed by atoms with van der Waals surface area (Å²) in [6.45, 7) is 18.0. The predicted octanol–water partition coefficient (Wildman–Crippen LogP) is 8.65. The van der Waals surface area contributed by atoms with Gasteiger partial charge >= 0.3 is 23.9 Å². The number of pyridine rings is 1. The number of nitrogens with two attached hydrogens (primary N) is 1. The van der Waals surface area contributed by atoms with Gasteiger partial charge < -0.3 is 55.0 Å². The van der Waals surface area contributed by atoms with E-state index in [0.29, 0.717) is 70.3 Å². The lowest BCUT2D eigenvalue weighted by Gasteiger charge is -2.41. The number of benzene rings is 2. The summed E-state index contributed by atoms with van der Waals surface area (Å²) in [5, 5.41) is 18.6. The number of carbonyl (C=O) groups excluding carboxylic acids is 9. The van der Waals surface area contributed by atoms with Crippen LogP contribution >= 0.6 is 27.5 Å². The number of aliphatic hydroxyl groups is 1. The number of anilines is 1. The van der Waals surface area contributed by atoms with Crippen LogP contribution in [0.25, 0.3) is 10.9 Å². The second-order valence-corrected chi connectivity index (χ2v) is 25.8. The number of epoxide rings is 1. The molecule has 3 aromatic rings. The fraction of sp³-hybridized carbons (Fsp3) is 0.552. The van der Waals surface area contributed by atoms with Gasteiger partial charge in [-0.15, -0.1) is 0 Å². The molecule has 3 aliphatic heterocycles. The van der Waals surface area contributed by atoms with Crippen LogP contribution in [-0.2, 0) is 70.1 Å². The van der Waals surface area contributed by atoms with E-state index in [9.17, 15) is 48.3 Å². The van der Waals surface area contributed by atoms with Crippen molar-refractivity contribution in [2.75, 3.05) is 38.0 Å². The number of hydrogen-bond acceptors (Lipinski definition) is 16. The molecule has 1 aromatic heterocycles. The topological polar surface area (TPSA) is 293 Å². The van der Waals surface area contributed by atoms with Crippen LogP contribution < -0.4 is 21.3 Å². The van der Waals surface area contributed by atoms with E-state index in [-0.39, 0.29) is 80.6 Å². The Bertz CT molecular complexity index is 3260. The second kappa shape index (κ2) is 31.9. The summed E-state index contributed by atoms with van der Waals surface area (Å²) >= 11 is 10.1. The Morgan fingerprint density at radius 3 is 2.42 bits per heavy atom. The molecule has 2 fully saturated rings. The van der Waals surface area contributed by atoms with Crippen molar-refractivity contribution in [2.24, 2.45) is 23.5 Å². The molecule has 90 heavy (non-hydrogen) atoms. The van der Waals surface area contributed by atoms with Crippen LogP contribution in [0.5, 0.6) is 0 Å². The third-order valence-corrected chi connectivity index (χ3v) is 18.6. The number of methoxy groups -OCH3 is 1. The minimum absolute atomic E-state index is 0.00242. The highest BCUT2D eigenvalue weighted by molar-refractivity contribution is 9.09. The van der Waals surface area contributed by atoms with E-state index in [4.69, 9.17) is 46.0 Å². The molecule has 6 rings (SSSR count). The Labute approximate surface area is 540 Å². The minimum Gasteiger partial charge on any atom is -0.462 e. The quantitative estimate of drug-likeness (QED) is 0.0154. The number of ketones is 2. The smallest absolute Gasteiger partial charge is 0.334 e. The Morgan fingerprint density at radius 1 is 1.02 bits per heavy atom. The van der Waals surface area contributed by atoms with Crippen molar-refractivity contribution in [3.63, 3.8) is 0 Å². The molecule has 3 aliphatic rings. The molecule has 4 heterocycles. The van der Waals surface area contributed by atoms with Crippen LogP contribution in [0, 0.1) is 24.7 Å². The van der Waals surface area contributed by atoms with Gasteiger partial charge in [0.25, 0.3) is 5.91 Å². The summed E-state index contributed by atoms with van der Waals surface area (Å²) in [6.07, 6.45) is 3.27. The highest BCUT2D eigenvalue weighted by atomic mass is 79.9. The van der Waals surface area contributed by atoms with Gasteiger partial charge in [0.05, 0.1) is 53.7 Å². The van der Waals surface area contributed by atoms with Crippen molar-refractivity contribution in [1.82, 2.24) is 20.5 Å². The first kappa shape index (κ1) is 72.2. The van der Waals surface area contributed by atoms with Crippen LogP contribution in [0.3, 0.4) is 0 Å². The zero-order chi connectivity index (χ0) is 66.5. The van der Waals surface area contributed by atoms with Crippen molar-refractivity contribution in [1.29, 1.82) is 0 Å². The van der Waals surface area contributed by atoms with Crippen molar-refractivity contribution >= 4 is 97.3 Å². The van der Waals surface area contributed by atoms with Gasteiger partial charge in [-0.1, -0.05) is 90.8 Å². The number of nitrogens with zero attached hydrogens (tertiary/aromatic N) is 3. The lowest BCUT2D eigenvalue weighted by atomic mass is 9.78. The number of hydrogen-bond donors (Lipinski definition) is 4. The van der Waals surface area contributed by atoms with E-state index in [1.165, 1.54) is 30.9 Å². The maximum Gasteiger partial charge on any atom is 0.334 e. The lowest BCUT2D eigenvalue weighted by molar-refractivity contribution is -0.187. The van der Waals surface area contributed by atoms with Gasteiger partial charge in [-0.25, -0.2) is 14.4 Å². The monoisotopic (exact) mass is 1330 g/mol. The summed E-state index contributed by atoms with van der Waals surface area (Å²) in [7, 11) is 4.49. The Morgan fingerprint density at radius 2 is 1.74 bits per heavy atom. The SMILES string of the molecule is C=C(CBr)C(=O)OC(C)CCCCC(=O)C[C@H](C(=O)N[C@@H](CCCNC(N)=O)C(=O)Cc1ccc2cc(C(=O)N(C)[C@@H](C)C(=O)O[C@H]3CC(=O)N(C)c4cc(cc(C)c4Cl)C/C(C)=C/C=C/[C@@H](OC)[C@]4(O)CC(=O)O[C@@H](C4)[C@@H](C)[C@@H]4O[C@@]34C)ccc2n1)C(C)C.